The molecule has 0 aliphatic rings. The van der Waals surface area contributed by atoms with E-state index in [0.29, 0.717) is 0 Å². The molecule has 7 rings (SSSR count). The molecule has 0 heterocycles. The van der Waals surface area contributed by atoms with E-state index >= 15 is 0 Å². The number of benzene rings is 7. The molecule has 0 bridgehead atoms. The van der Waals surface area contributed by atoms with Crippen molar-refractivity contribution in [3.8, 4) is 22.3 Å². The Morgan fingerprint density at radius 2 is 0.794 bits per heavy atom. The zero-order valence-corrected chi connectivity index (χ0v) is 19.4. The standard InChI is InChI=1S/C34H24/c1-21-7-3-9-23(15-21)27-17-25-11-5-13-29-30-14-6-12-26-18-28(24-10-4-8-22(2)16-24)20-32(34(26)30)31(19-27)33(25)29/h3-20H,1-2H3. The molecule has 160 valence electrons. The van der Waals surface area contributed by atoms with Crippen LogP contribution in [0, 0.1) is 13.8 Å². The normalized spacial score (nSPS) is 11.8. The van der Waals surface area contributed by atoms with E-state index in [0.717, 1.165) is 0 Å². The number of hydrogen-bond acceptors (Lipinski definition) is 0. The smallest absolute Gasteiger partial charge is 0.00259 e. The van der Waals surface area contributed by atoms with E-state index in [1.54, 1.807) is 0 Å². The van der Waals surface area contributed by atoms with Crippen molar-refractivity contribution in [3.63, 3.8) is 0 Å². The van der Waals surface area contributed by atoms with Crippen LogP contribution in [0.5, 0.6) is 0 Å². The van der Waals surface area contributed by atoms with Gasteiger partial charge in [0.25, 0.3) is 0 Å². The molecule has 7 aromatic rings. The first-order valence-electron chi connectivity index (χ1n) is 11.9. The number of hydrogen-bond donors (Lipinski definition) is 0. The molecule has 0 unspecified atom stereocenters. The van der Waals surface area contributed by atoms with Gasteiger partial charge in [0.15, 0.2) is 0 Å². The number of rotatable bonds is 2. The van der Waals surface area contributed by atoms with Gasteiger partial charge in [0.1, 0.15) is 0 Å². The van der Waals surface area contributed by atoms with Crippen molar-refractivity contribution < 1.29 is 0 Å². The van der Waals surface area contributed by atoms with Crippen molar-refractivity contribution in [2.75, 3.05) is 0 Å². The maximum Gasteiger partial charge on any atom is -0.00259 e. The Balaban J connectivity index is 1.67. The first-order valence-corrected chi connectivity index (χ1v) is 11.9. The van der Waals surface area contributed by atoms with Crippen molar-refractivity contribution in [2.24, 2.45) is 0 Å². The van der Waals surface area contributed by atoms with Gasteiger partial charge in [0.05, 0.1) is 0 Å². The molecule has 0 nitrogen and oxygen atoms in total. The number of fused-ring (bicyclic) bond motifs is 2. The van der Waals surface area contributed by atoms with E-state index in [1.165, 1.54) is 76.5 Å². The fourth-order valence-electron chi connectivity index (χ4n) is 5.71. The summed E-state index contributed by atoms with van der Waals surface area (Å²) in [6.45, 7) is 4.33. The van der Waals surface area contributed by atoms with Crippen LogP contribution in [0.2, 0.25) is 0 Å². The Labute approximate surface area is 199 Å². The van der Waals surface area contributed by atoms with E-state index < -0.39 is 0 Å². The monoisotopic (exact) mass is 432 g/mol. The second kappa shape index (κ2) is 7.17. The molecule has 0 saturated heterocycles. The van der Waals surface area contributed by atoms with Crippen molar-refractivity contribution in [2.45, 2.75) is 13.8 Å². The Morgan fingerprint density at radius 1 is 0.353 bits per heavy atom. The van der Waals surface area contributed by atoms with Gasteiger partial charge < -0.3 is 0 Å². The van der Waals surface area contributed by atoms with Gasteiger partial charge in [-0.15, -0.1) is 0 Å². The van der Waals surface area contributed by atoms with Crippen LogP contribution in [0.3, 0.4) is 0 Å². The fraction of sp³-hybridized carbons (Fsp3) is 0.0588. The molecule has 0 fully saturated rings. The third-order valence-electron chi connectivity index (χ3n) is 7.24. The van der Waals surface area contributed by atoms with Crippen LogP contribution in [-0.2, 0) is 0 Å². The highest BCUT2D eigenvalue weighted by molar-refractivity contribution is 6.33. The highest BCUT2D eigenvalue weighted by atomic mass is 14.2. The highest BCUT2D eigenvalue weighted by Gasteiger charge is 2.15. The lowest BCUT2D eigenvalue weighted by molar-refractivity contribution is 1.47. The Morgan fingerprint density at radius 3 is 1.24 bits per heavy atom. The minimum atomic E-state index is 1.27. The van der Waals surface area contributed by atoms with E-state index in [2.05, 4.69) is 123 Å². The van der Waals surface area contributed by atoms with Gasteiger partial charge in [-0.1, -0.05) is 96.1 Å². The average molecular weight is 433 g/mol. The molecule has 0 amide bonds. The molecule has 0 saturated carbocycles. The molecular weight excluding hydrogens is 408 g/mol. The lowest BCUT2D eigenvalue weighted by Gasteiger charge is -2.17. The molecule has 0 aliphatic carbocycles. The number of aryl methyl sites for hydroxylation is 2. The summed E-state index contributed by atoms with van der Waals surface area (Å²) in [4.78, 5) is 0. The average Bonchev–Trinajstić information content (AvgIpc) is 2.86. The second-order valence-electron chi connectivity index (χ2n) is 9.59. The molecule has 0 radical (unpaired) electrons. The Kier molecular flexibility index (Phi) is 4.07. The Bertz CT molecular complexity index is 1730. The van der Waals surface area contributed by atoms with Crippen molar-refractivity contribution in [1.29, 1.82) is 0 Å². The summed E-state index contributed by atoms with van der Waals surface area (Å²) >= 11 is 0. The minimum Gasteiger partial charge on any atom is -0.0614 e. The summed E-state index contributed by atoms with van der Waals surface area (Å²) in [6.07, 6.45) is 0. The van der Waals surface area contributed by atoms with Crippen LogP contribution >= 0.6 is 0 Å². The molecule has 34 heavy (non-hydrogen) atoms. The molecule has 0 heteroatoms. The van der Waals surface area contributed by atoms with Crippen LogP contribution in [0.25, 0.3) is 65.3 Å². The van der Waals surface area contributed by atoms with Crippen molar-refractivity contribution >= 4 is 43.1 Å². The Hall–Kier alpha value is -4.16. The van der Waals surface area contributed by atoms with Crippen LogP contribution in [-0.4, -0.2) is 0 Å². The van der Waals surface area contributed by atoms with Gasteiger partial charge >= 0.3 is 0 Å². The quantitative estimate of drug-likeness (QED) is 0.188. The van der Waals surface area contributed by atoms with Gasteiger partial charge in [-0.05, 0) is 103 Å². The van der Waals surface area contributed by atoms with Crippen LogP contribution in [0.15, 0.2) is 109 Å². The van der Waals surface area contributed by atoms with Gasteiger partial charge in [0, 0.05) is 0 Å². The van der Waals surface area contributed by atoms with E-state index in [4.69, 9.17) is 0 Å². The summed E-state index contributed by atoms with van der Waals surface area (Å²) in [5, 5.41) is 10.7. The zero-order chi connectivity index (χ0) is 22.8. The van der Waals surface area contributed by atoms with Crippen LogP contribution in [0.1, 0.15) is 11.1 Å². The zero-order valence-electron chi connectivity index (χ0n) is 19.4. The van der Waals surface area contributed by atoms with Gasteiger partial charge in [-0.25, -0.2) is 0 Å². The third kappa shape index (κ3) is 2.85. The summed E-state index contributed by atoms with van der Waals surface area (Å²) in [5.74, 6) is 0. The molecule has 0 spiro atoms. The van der Waals surface area contributed by atoms with E-state index in [9.17, 15) is 0 Å². The highest BCUT2D eigenvalue weighted by Crippen LogP contribution is 2.43. The molecule has 7 aromatic carbocycles. The van der Waals surface area contributed by atoms with Gasteiger partial charge in [0.2, 0.25) is 0 Å². The summed E-state index contributed by atoms with van der Waals surface area (Å²) in [7, 11) is 0. The van der Waals surface area contributed by atoms with E-state index in [1.807, 2.05) is 0 Å². The summed E-state index contributed by atoms with van der Waals surface area (Å²) < 4.78 is 0. The lowest BCUT2D eigenvalue weighted by atomic mass is 9.86. The van der Waals surface area contributed by atoms with Gasteiger partial charge in [-0.2, -0.15) is 0 Å². The SMILES string of the molecule is Cc1cccc(-c2cc3cccc4c5cccc6cc(-c7cccc(C)c7)cc(c(c2)c34)c65)c1. The second-order valence-corrected chi connectivity index (χ2v) is 9.59. The lowest BCUT2D eigenvalue weighted by Crippen LogP contribution is -1.90. The topological polar surface area (TPSA) is 0 Å². The molecule has 0 aliphatic heterocycles. The van der Waals surface area contributed by atoms with Crippen LogP contribution < -0.4 is 0 Å². The van der Waals surface area contributed by atoms with Gasteiger partial charge in [-0.3, -0.25) is 0 Å². The summed E-state index contributed by atoms with van der Waals surface area (Å²) in [6, 6.07) is 40.7. The van der Waals surface area contributed by atoms with E-state index in [-0.39, 0.29) is 0 Å². The maximum atomic E-state index is 2.41. The summed E-state index contributed by atoms with van der Waals surface area (Å²) in [5.41, 5.74) is 7.67. The largest absolute Gasteiger partial charge is 0.0614 e. The third-order valence-corrected chi connectivity index (χ3v) is 7.24. The molecule has 0 atom stereocenters. The molecule has 0 N–H and O–H groups in total. The predicted octanol–water partition coefficient (Wildman–Crippen LogP) is 9.69. The maximum absolute atomic E-state index is 2.41. The van der Waals surface area contributed by atoms with Crippen LogP contribution in [0.4, 0.5) is 0 Å². The molecular formula is C34H24. The first kappa shape index (κ1) is 19.3. The molecule has 0 aromatic heterocycles. The van der Waals surface area contributed by atoms with Crippen molar-refractivity contribution in [3.05, 3.63) is 120 Å². The minimum absolute atomic E-state index is 1.27. The fourth-order valence-corrected chi connectivity index (χ4v) is 5.71. The predicted molar refractivity (Wildman–Crippen MR) is 148 cm³/mol. The first-order chi connectivity index (χ1) is 16.7. The van der Waals surface area contributed by atoms with Crippen molar-refractivity contribution in [1.82, 2.24) is 0 Å².